The van der Waals surface area contributed by atoms with E-state index in [0.29, 0.717) is 0 Å². The van der Waals surface area contributed by atoms with Crippen molar-refractivity contribution in [3.8, 4) is 0 Å². The van der Waals surface area contributed by atoms with Gasteiger partial charge in [0.15, 0.2) is 0 Å². The first-order valence-electron chi connectivity index (χ1n) is 9.99. The molecule has 1 aliphatic carbocycles. The fourth-order valence-corrected chi connectivity index (χ4v) is 4.78. The molecule has 1 atom stereocenters. The van der Waals surface area contributed by atoms with Gasteiger partial charge in [0.2, 0.25) is 11.8 Å². The zero-order valence-electron chi connectivity index (χ0n) is 15.6. The van der Waals surface area contributed by atoms with Gasteiger partial charge in [0, 0.05) is 12.2 Å². The highest BCUT2D eigenvalue weighted by molar-refractivity contribution is 6.00. The monoisotopic (exact) mass is 355 g/mol. The van der Waals surface area contributed by atoms with Gasteiger partial charge < -0.3 is 10.6 Å². The summed E-state index contributed by atoms with van der Waals surface area (Å²) in [6.07, 6.45) is 5.89. The number of hydrogen-bond acceptors (Lipinski definition) is 3. The number of benzene rings is 1. The SMILES string of the molecule is CCC(C(N)=O)N1CCC2(CCN(c3ccc(C4CC4)cc3)C2=O)CC1. The van der Waals surface area contributed by atoms with E-state index in [1.807, 2.05) is 11.8 Å². The molecule has 2 N–H and O–H groups in total. The number of primary amides is 1. The largest absolute Gasteiger partial charge is 0.368 e. The van der Waals surface area contributed by atoms with E-state index in [0.717, 1.165) is 56.9 Å². The van der Waals surface area contributed by atoms with E-state index in [1.165, 1.54) is 18.4 Å². The second kappa shape index (κ2) is 6.69. The van der Waals surface area contributed by atoms with Crippen molar-refractivity contribution < 1.29 is 9.59 Å². The Morgan fingerprint density at radius 2 is 1.77 bits per heavy atom. The molecule has 1 saturated carbocycles. The summed E-state index contributed by atoms with van der Waals surface area (Å²) >= 11 is 0. The molecule has 0 radical (unpaired) electrons. The molecule has 5 heteroatoms. The minimum atomic E-state index is -0.251. The summed E-state index contributed by atoms with van der Waals surface area (Å²) in [5.74, 6) is 0.757. The van der Waals surface area contributed by atoms with Crippen LogP contribution in [0, 0.1) is 5.41 Å². The molecule has 1 unspecified atom stereocenters. The number of piperidine rings is 1. The number of carbonyl (C=O) groups excluding carboxylic acids is 2. The molecule has 1 aromatic rings. The van der Waals surface area contributed by atoms with E-state index in [2.05, 4.69) is 29.2 Å². The molecule has 2 amide bonds. The molecular weight excluding hydrogens is 326 g/mol. The summed E-state index contributed by atoms with van der Waals surface area (Å²) in [6.45, 7) is 4.35. The Bertz CT molecular complexity index is 688. The first-order valence-corrected chi connectivity index (χ1v) is 9.99. The second-order valence-corrected chi connectivity index (χ2v) is 8.22. The van der Waals surface area contributed by atoms with Gasteiger partial charge >= 0.3 is 0 Å². The van der Waals surface area contributed by atoms with Crippen molar-refractivity contribution in [3.63, 3.8) is 0 Å². The van der Waals surface area contributed by atoms with Crippen molar-refractivity contribution in [3.05, 3.63) is 29.8 Å². The molecule has 2 aliphatic heterocycles. The van der Waals surface area contributed by atoms with Crippen molar-refractivity contribution >= 4 is 17.5 Å². The zero-order valence-corrected chi connectivity index (χ0v) is 15.6. The van der Waals surface area contributed by atoms with Crippen LogP contribution < -0.4 is 10.6 Å². The summed E-state index contributed by atoms with van der Waals surface area (Å²) < 4.78 is 0. The van der Waals surface area contributed by atoms with Crippen LogP contribution in [0.4, 0.5) is 5.69 Å². The van der Waals surface area contributed by atoms with Gasteiger partial charge in [-0.2, -0.15) is 0 Å². The summed E-state index contributed by atoms with van der Waals surface area (Å²) in [6, 6.07) is 8.40. The highest BCUT2D eigenvalue weighted by Crippen LogP contribution is 2.44. The predicted octanol–water partition coefficient (Wildman–Crippen LogP) is 2.65. The highest BCUT2D eigenvalue weighted by Gasteiger charge is 2.49. The molecule has 0 aromatic heterocycles. The Morgan fingerprint density at radius 3 is 2.31 bits per heavy atom. The fourth-order valence-electron chi connectivity index (χ4n) is 4.78. The first kappa shape index (κ1) is 17.5. The van der Waals surface area contributed by atoms with Crippen LogP contribution in [0.25, 0.3) is 0 Å². The van der Waals surface area contributed by atoms with E-state index < -0.39 is 0 Å². The molecule has 2 heterocycles. The third-order valence-electron chi connectivity index (χ3n) is 6.68. The van der Waals surface area contributed by atoms with E-state index in [9.17, 15) is 9.59 Å². The van der Waals surface area contributed by atoms with Gasteiger partial charge in [-0.15, -0.1) is 0 Å². The van der Waals surface area contributed by atoms with Crippen molar-refractivity contribution in [1.29, 1.82) is 0 Å². The Kier molecular flexibility index (Phi) is 4.51. The van der Waals surface area contributed by atoms with Crippen molar-refractivity contribution in [2.45, 2.75) is 57.4 Å². The number of likely N-dealkylation sites (tertiary alicyclic amines) is 1. The topological polar surface area (TPSA) is 66.6 Å². The minimum Gasteiger partial charge on any atom is -0.368 e. The average molecular weight is 355 g/mol. The molecule has 2 saturated heterocycles. The first-order chi connectivity index (χ1) is 12.5. The Hall–Kier alpha value is -1.88. The second-order valence-electron chi connectivity index (χ2n) is 8.22. The van der Waals surface area contributed by atoms with E-state index in [1.54, 1.807) is 0 Å². The van der Waals surface area contributed by atoms with Crippen LogP contribution in [-0.4, -0.2) is 42.4 Å². The van der Waals surface area contributed by atoms with Crippen LogP contribution in [0.15, 0.2) is 24.3 Å². The van der Waals surface area contributed by atoms with Crippen LogP contribution in [-0.2, 0) is 9.59 Å². The molecule has 140 valence electrons. The van der Waals surface area contributed by atoms with Gasteiger partial charge in [-0.3, -0.25) is 14.5 Å². The molecule has 26 heavy (non-hydrogen) atoms. The van der Waals surface area contributed by atoms with E-state index >= 15 is 0 Å². The number of nitrogens with zero attached hydrogens (tertiary/aromatic N) is 2. The number of anilines is 1. The molecule has 1 spiro atoms. The van der Waals surface area contributed by atoms with Crippen LogP contribution in [0.2, 0.25) is 0 Å². The third-order valence-corrected chi connectivity index (χ3v) is 6.68. The normalized spacial score (nSPS) is 24.2. The van der Waals surface area contributed by atoms with E-state index in [4.69, 9.17) is 5.73 Å². The number of rotatable bonds is 5. The summed E-state index contributed by atoms with van der Waals surface area (Å²) in [7, 11) is 0. The molecule has 4 rings (SSSR count). The molecule has 1 aromatic carbocycles. The third kappa shape index (κ3) is 3.02. The lowest BCUT2D eigenvalue weighted by atomic mass is 9.76. The lowest BCUT2D eigenvalue weighted by molar-refractivity contribution is -0.130. The summed E-state index contributed by atoms with van der Waals surface area (Å²) in [4.78, 5) is 29.0. The smallest absolute Gasteiger partial charge is 0.234 e. The van der Waals surface area contributed by atoms with Crippen LogP contribution in [0.1, 0.15) is 56.9 Å². The van der Waals surface area contributed by atoms with Gasteiger partial charge in [0.05, 0.1) is 11.5 Å². The standard InChI is InChI=1S/C21H29N3O2/c1-2-18(19(22)25)23-12-9-21(10-13-23)11-14-24(20(21)26)17-7-5-16(6-8-17)15-3-4-15/h5-8,15,18H,2-4,9-14H2,1H3,(H2,22,25). The number of hydrogen-bond donors (Lipinski definition) is 1. The molecule has 3 fully saturated rings. The van der Waals surface area contributed by atoms with Gasteiger partial charge in [0.25, 0.3) is 0 Å². The van der Waals surface area contributed by atoms with E-state index in [-0.39, 0.29) is 23.3 Å². The highest BCUT2D eigenvalue weighted by atomic mass is 16.2. The minimum absolute atomic E-state index is 0.199. The number of carbonyl (C=O) groups is 2. The number of nitrogens with two attached hydrogens (primary N) is 1. The van der Waals surface area contributed by atoms with Gasteiger partial charge in [-0.25, -0.2) is 0 Å². The lowest BCUT2D eigenvalue weighted by Gasteiger charge is -2.40. The Balaban J connectivity index is 1.43. The fraction of sp³-hybridized carbons (Fsp3) is 0.619. The van der Waals surface area contributed by atoms with Crippen molar-refractivity contribution in [1.82, 2.24) is 4.90 Å². The number of amides is 2. The predicted molar refractivity (Wildman–Crippen MR) is 102 cm³/mol. The lowest BCUT2D eigenvalue weighted by Crippen LogP contribution is -2.51. The average Bonchev–Trinajstić information content (AvgIpc) is 3.44. The quantitative estimate of drug-likeness (QED) is 0.883. The molecule has 0 bridgehead atoms. The van der Waals surface area contributed by atoms with Crippen LogP contribution in [0.5, 0.6) is 0 Å². The summed E-state index contributed by atoms with van der Waals surface area (Å²) in [5, 5.41) is 0. The van der Waals surface area contributed by atoms with Crippen molar-refractivity contribution in [2.24, 2.45) is 11.1 Å². The van der Waals surface area contributed by atoms with Crippen LogP contribution in [0.3, 0.4) is 0 Å². The van der Waals surface area contributed by atoms with Crippen LogP contribution >= 0.6 is 0 Å². The molecule has 5 nitrogen and oxygen atoms in total. The molecular formula is C21H29N3O2. The zero-order chi connectivity index (χ0) is 18.3. The molecule has 3 aliphatic rings. The Morgan fingerprint density at radius 1 is 1.15 bits per heavy atom. The van der Waals surface area contributed by atoms with Gasteiger partial charge in [-0.1, -0.05) is 19.1 Å². The Labute approximate surface area is 155 Å². The maximum Gasteiger partial charge on any atom is 0.234 e. The van der Waals surface area contributed by atoms with Gasteiger partial charge in [0.1, 0.15) is 0 Å². The maximum atomic E-state index is 13.2. The maximum absolute atomic E-state index is 13.2. The van der Waals surface area contributed by atoms with Crippen molar-refractivity contribution in [2.75, 3.05) is 24.5 Å². The summed E-state index contributed by atoms with van der Waals surface area (Å²) in [5.41, 5.74) is 7.72. The van der Waals surface area contributed by atoms with Gasteiger partial charge in [-0.05, 0) is 75.2 Å².